The van der Waals surface area contributed by atoms with Crippen LogP contribution in [0.15, 0.2) is 0 Å². The van der Waals surface area contributed by atoms with Crippen LogP contribution in [0.25, 0.3) is 0 Å². The van der Waals surface area contributed by atoms with Gasteiger partial charge in [-0.1, -0.05) is 0 Å². The van der Waals surface area contributed by atoms with Crippen molar-refractivity contribution in [2.24, 2.45) is 5.73 Å². The van der Waals surface area contributed by atoms with Gasteiger partial charge in [0, 0.05) is 0 Å². The lowest BCUT2D eigenvalue weighted by molar-refractivity contribution is -0.145. The van der Waals surface area contributed by atoms with E-state index >= 15 is 0 Å². The number of esters is 1. The quantitative estimate of drug-likeness (QED) is 0.527. The Hall–Kier alpha value is -1.30. The molecule has 0 fully saturated rings. The molecule has 0 spiro atoms. The van der Waals surface area contributed by atoms with Crippen LogP contribution in [-0.4, -0.2) is 30.4 Å². The molecule has 1 amide bonds. The maximum Gasteiger partial charge on any atom is 0.409 e. The number of amides is 1. The average molecular weight is 218 g/mol. The van der Waals surface area contributed by atoms with Gasteiger partial charge in [0.15, 0.2) is 6.17 Å². The molecule has 6 heteroatoms. The molecule has 0 aromatic heterocycles. The molecule has 0 rings (SSSR count). The molecule has 0 aliphatic heterocycles. The third-order valence-corrected chi connectivity index (χ3v) is 1.21. The van der Waals surface area contributed by atoms with E-state index in [-0.39, 0.29) is 6.61 Å². The second-order valence-electron chi connectivity index (χ2n) is 3.88. The summed E-state index contributed by atoms with van der Waals surface area (Å²) in [4.78, 5) is 22.2. The minimum absolute atomic E-state index is 0.211. The van der Waals surface area contributed by atoms with E-state index in [0.29, 0.717) is 0 Å². The van der Waals surface area contributed by atoms with E-state index in [1.165, 1.54) is 0 Å². The Balaban J connectivity index is 4.02. The fourth-order valence-corrected chi connectivity index (χ4v) is 0.725. The molecule has 0 heterocycles. The van der Waals surface area contributed by atoms with Gasteiger partial charge in [-0.15, -0.1) is 0 Å². The van der Waals surface area contributed by atoms with E-state index < -0.39 is 23.8 Å². The van der Waals surface area contributed by atoms with Gasteiger partial charge in [0.25, 0.3) is 0 Å². The predicted molar refractivity (Wildman–Crippen MR) is 54.0 cm³/mol. The summed E-state index contributed by atoms with van der Waals surface area (Å²) in [5, 5.41) is 2.16. The average Bonchev–Trinajstić information content (AvgIpc) is 2.00. The first-order chi connectivity index (χ1) is 6.76. The molecule has 3 N–H and O–H groups in total. The Kier molecular flexibility index (Phi) is 5.07. The molecule has 0 saturated carbocycles. The van der Waals surface area contributed by atoms with Gasteiger partial charge in [-0.2, -0.15) is 0 Å². The van der Waals surface area contributed by atoms with Gasteiger partial charge < -0.3 is 15.2 Å². The van der Waals surface area contributed by atoms with Crippen molar-refractivity contribution in [2.45, 2.75) is 39.5 Å². The Morgan fingerprint density at radius 3 is 2.33 bits per heavy atom. The van der Waals surface area contributed by atoms with Gasteiger partial charge in [-0.05, 0) is 27.7 Å². The van der Waals surface area contributed by atoms with E-state index in [1.54, 1.807) is 27.7 Å². The molecule has 88 valence electrons. The van der Waals surface area contributed by atoms with Gasteiger partial charge in [-0.25, -0.2) is 9.59 Å². The zero-order valence-corrected chi connectivity index (χ0v) is 9.49. The van der Waals surface area contributed by atoms with Crippen LogP contribution in [0.5, 0.6) is 0 Å². The number of carbonyl (C=O) groups excluding carboxylic acids is 2. The normalized spacial score (nSPS) is 12.9. The lowest BCUT2D eigenvalue weighted by Crippen LogP contribution is -2.49. The van der Waals surface area contributed by atoms with Crippen molar-refractivity contribution < 1.29 is 19.1 Å². The molecule has 0 radical (unpaired) electrons. The molecule has 0 aromatic carbocycles. The predicted octanol–water partition coefficient (Wildman–Crippen LogP) is 0.359. The van der Waals surface area contributed by atoms with Crippen LogP contribution >= 0.6 is 0 Å². The van der Waals surface area contributed by atoms with Crippen molar-refractivity contribution >= 4 is 12.1 Å². The molecule has 0 saturated heterocycles. The molecule has 0 aliphatic rings. The number of hydrogen-bond donors (Lipinski definition) is 2. The number of rotatable bonds is 3. The first-order valence-electron chi connectivity index (χ1n) is 4.68. The summed E-state index contributed by atoms with van der Waals surface area (Å²) in [6.45, 7) is 6.99. The molecule has 6 nitrogen and oxygen atoms in total. The molecule has 15 heavy (non-hydrogen) atoms. The summed E-state index contributed by atoms with van der Waals surface area (Å²) in [6.07, 6.45) is -1.94. The van der Waals surface area contributed by atoms with Crippen LogP contribution in [-0.2, 0) is 14.3 Å². The smallest absolute Gasteiger partial charge is 0.409 e. The lowest BCUT2D eigenvalue weighted by atomic mass is 10.2. The number of nitrogens with two attached hydrogens (primary N) is 1. The molecule has 1 atom stereocenters. The lowest BCUT2D eigenvalue weighted by Gasteiger charge is -2.21. The summed E-state index contributed by atoms with van der Waals surface area (Å²) in [5.74, 6) is -0.691. The number of hydrogen-bond acceptors (Lipinski definition) is 5. The minimum Gasteiger partial charge on any atom is -0.463 e. The van der Waals surface area contributed by atoms with Gasteiger partial charge in [0.1, 0.15) is 5.60 Å². The van der Waals surface area contributed by atoms with Crippen LogP contribution in [0.1, 0.15) is 27.7 Å². The molecule has 1 unspecified atom stereocenters. The summed E-state index contributed by atoms with van der Waals surface area (Å²) in [6, 6.07) is 0. The molecular weight excluding hydrogens is 200 g/mol. The highest BCUT2D eigenvalue weighted by Gasteiger charge is 2.21. The number of alkyl carbamates (subject to hydrolysis) is 1. The van der Waals surface area contributed by atoms with Crippen LogP contribution in [0, 0.1) is 0 Å². The van der Waals surface area contributed by atoms with Gasteiger partial charge in [0.2, 0.25) is 0 Å². The highest BCUT2D eigenvalue weighted by molar-refractivity contribution is 5.80. The van der Waals surface area contributed by atoms with Crippen molar-refractivity contribution in [3.63, 3.8) is 0 Å². The largest absolute Gasteiger partial charge is 0.463 e. The van der Waals surface area contributed by atoms with E-state index in [2.05, 4.69) is 10.1 Å². The topological polar surface area (TPSA) is 90.6 Å². The number of nitrogens with one attached hydrogen (secondary N) is 1. The fraction of sp³-hybridized carbons (Fsp3) is 0.778. The second-order valence-corrected chi connectivity index (χ2v) is 3.88. The Labute approximate surface area is 89.1 Å². The summed E-state index contributed by atoms with van der Waals surface area (Å²) in [7, 11) is 0. The van der Waals surface area contributed by atoms with Gasteiger partial charge in [-0.3, -0.25) is 5.32 Å². The second kappa shape index (κ2) is 5.55. The van der Waals surface area contributed by atoms with Crippen molar-refractivity contribution in [3.05, 3.63) is 0 Å². The van der Waals surface area contributed by atoms with E-state index in [1.807, 2.05) is 0 Å². The maximum atomic E-state index is 11.2. The fourth-order valence-electron chi connectivity index (χ4n) is 0.725. The van der Waals surface area contributed by atoms with Crippen LogP contribution in [0.4, 0.5) is 4.79 Å². The highest BCUT2D eigenvalue weighted by atomic mass is 16.6. The zero-order valence-electron chi connectivity index (χ0n) is 9.49. The van der Waals surface area contributed by atoms with Crippen molar-refractivity contribution in [1.82, 2.24) is 5.32 Å². The maximum absolute atomic E-state index is 11.2. The zero-order chi connectivity index (χ0) is 12.1. The van der Waals surface area contributed by atoms with Crippen molar-refractivity contribution in [1.29, 1.82) is 0 Å². The Morgan fingerprint density at radius 1 is 1.40 bits per heavy atom. The third kappa shape index (κ3) is 6.73. The molecule has 0 aromatic rings. The molecule has 0 bridgehead atoms. The van der Waals surface area contributed by atoms with Gasteiger partial charge >= 0.3 is 12.1 Å². The highest BCUT2D eigenvalue weighted by Crippen LogP contribution is 2.06. The van der Waals surface area contributed by atoms with E-state index in [4.69, 9.17) is 10.5 Å². The first-order valence-corrected chi connectivity index (χ1v) is 4.68. The molecular formula is C9H18N2O4. The van der Waals surface area contributed by atoms with Crippen LogP contribution in [0.2, 0.25) is 0 Å². The third-order valence-electron chi connectivity index (χ3n) is 1.21. The number of carbonyl (C=O) groups is 2. The summed E-state index contributed by atoms with van der Waals surface area (Å²) >= 11 is 0. The van der Waals surface area contributed by atoms with Crippen molar-refractivity contribution in [2.75, 3.05) is 6.61 Å². The minimum atomic E-state index is -1.19. The molecule has 0 aliphatic carbocycles. The summed E-state index contributed by atoms with van der Waals surface area (Å²) < 4.78 is 9.50. The van der Waals surface area contributed by atoms with E-state index in [9.17, 15) is 9.59 Å². The standard InChI is InChI=1S/C9H18N2O4/c1-5-14-7(12)6(10)11-8(13)15-9(2,3)4/h6H,5,10H2,1-4H3,(H,11,13). The first kappa shape index (κ1) is 13.7. The summed E-state index contributed by atoms with van der Waals surface area (Å²) in [5.41, 5.74) is 4.71. The van der Waals surface area contributed by atoms with Crippen molar-refractivity contribution in [3.8, 4) is 0 Å². The number of ether oxygens (including phenoxy) is 2. The van der Waals surface area contributed by atoms with Crippen LogP contribution in [0.3, 0.4) is 0 Å². The Bertz CT molecular complexity index is 235. The SMILES string of the molecule is CCOC(=O)C(N)NC(=O)OC(C)(C)C. The van der Waals surface area contributed by atoms with E-state index in [0.717, 1.165) is 0 Å². The van der Waals surface area contributed by atoms with Crippen LogP contribution < -0.4 is 11.1 Å². The van der Waals surface area contributed by atoms with Gasteiger partial charge in [0.05, 0.1) is 6.61 Å². The monoisotopic (exact) mass is 218 g/mol. The Morgan fingerprint density at radius 2 is 1.93 bits per heavy atom.